The molecule has 13 heteroatoms. The molecule has 2 heterocycles. The van der Waals surface area contributed by atoms with E-state index in [0.717, 1.165) is 0 Å². The van der Waals surface area contributed by atoms with Gasteiger partial charge in [0.15, 0.2) is 0 Å². The first-order valence-corrected chi connectivity index (χ1v) is 6.87. The van der Waals surface area contributed by atoms with E-state index in [9.17, 15) is 34.8 Å². The normalized spacial score (nSPS) is 13.6. The number of halogens is 7. The second-order valence-corrected chi connectivity index (χ2v) is 5.82. The molecule has 2 rings (SSSR count). The zero-order valence-corrected chi connectivity index (χ0v) is 11.5. The first-order chi connectivity index (χ1) is 9.81. The molecule has 22 heavy (non-hydrogen) atoms. The number of alkyl halides is 6. The molecule has 0 N–H and O–H groups in total. The van der Waals surface area contributed by atoms with E-state index in [4.69, 9.17) is 11.6 Å². The van der Waals surface area contributed by atoms with Gasteiger partial charge in [0.2, 0.25) is 0 Å². The number of aromatic nitrogens is 2. The lowest BCUT2D eigenvalue weighted by molar-refractivity contribution is -0.137. The highest BCUT2D eigenvalue weighted by Gasteiger charge is 2.49. The molecule has 0 atom stereocenters. The van der Waals surface area contributed by atoms with E-state index >= 15 is 0 Å². The highest BCUT2D eigenvalue weighted by molar-refractivity contribution is 7.87. The van der Waals surface area contributed by atoms with Crippen LogP contribution < -0.4 is 4.18 Å². The summed E-state index contributed by atoms with van der Waals surface area (Å²) in [5.41, 5.74) is -7.19. The number of hydrogen-bond donors (Lipinski definition) is 0. The summed E-state index contributed by atoms with van der Waals surface area (Å²) in [5, 5.41) is 2.68. The molecule has 0 radical (unpaired) electrons. The summed E-state index contributed by atoms with van der Waals surface area (Å²) in [6, 6.07) is 1.17. The van der Waals surface area contributed by atoms with Crippen LogP contribution in [0.5, 0.6) is 5.88 Å². The van der Waals surface area contributed by atoms with Gasteiger partial charge in [0, 0.05) is 12.3 Å². The predicted molar refractivity (Wildman–Crippen MR) is 60.8 cm³/mol. The molecule has 0 bridgehead atoms. The Labute approximate surface area is 123 Å². The molecule has 0 saturated carbocycles. The number of hydrogen-bond acceptors (Lipinski definition) is 4. The molecule has 0 fully saturated rings. The minimum Gasteiger partial charge on any atom is -0.354 e. The fraction of sp³-hybridized carbons (Fsp3) is 0.222. The number of pyridine rings is 1. The minimum atomic E-state index is -5.99. The average molecular weight is 369 g/mol. The van der Waals surface area contributed by atoms with Gasteiger partial charge < -0.3 is 4.18 Å². The van der Waals surface area contributed by atoms with Gasteiger partial charge in [-0.05, 0) is 6.07 Å². The maximum Gasteiger partial charge on any atom is 0.534 e. The summed E-state index contributed by atoms with van der Waals surface area (Å²) in [6.07, 6.45) is -4.35. The van der Waals surface area contributed by atoms with Gasteiger partial charge in [0.1, 0.15) is 0 Å². The fourth-order valence-electron chi connectivity index (χ4n) is 1.38. The summed E-state index contributed by atoms with van der Waals surface area (Å²) in [6.45, 7) is 0. The molecule has 5 nitrogen and oxygen atoms in total. The molecule has 2 aromatic rings. The molecule has 0 unspecified atom stereocenters. The standard InChI is InChI=1S/C9H3ClF6N2O3S/c10-5-1-4(8(11,12)13)3-18-6(5)2-7(17-18)21-22(19,20)9(14,15)16/h1-3H. The molecule has 0 spiro atoms. The topological polar surface area (TPSA) is 60.7 Å². The Morgan fingerprint density at radius 3 is 2.23 bits per heavy atom. The Bertz CT molecular complexity index is 826. The smallest absolute Gasteiger partial charge is 0.354 e. The minimum absolute atomic E-state index is 0.262. The van der Waals surface area contributed by atoms with Crippen molar-refractivity contribution in [1.82, 2.24) is 9.61 Å². The molecular formula is C9H3ClF6N2O3S. The third-order valence-corrected chi connectivity index (χ3v) is 3.57. The van der Waals surface area contributed by atoms with Gasteiger partial charge in [-0.3, -0.25) is 0 Å². The maximum atomic E-state index is 12.6. The second kappa shape index (κ2) is 4.91. The molecule has 2 aromatic heterocycles. The maximum absolute atomic E-state index is 12.6. The van der Waals surface area contributed by atoms with Crippen LogP contribution in [0.3, 0.4) is 0 Å². The largest absolute Gasteiger partial charge is 0.534 e. The van der Waals surface area contributed by atoms with Gasteiger partial charge in [-0.1, -0.05) is 11.6 Å². The summed E-state index contributed by atoms with van der Waals surface area (Å²) >= 11 is 5.55. The number of nitrogens with zero attached hydrogens (tertiary/aromatic N) is 2. The average Bonchev–Trinajstić information content (AvgIpc) is 2.68. The van der Waals surface area contributed by atoms with E-state index in [0.29, 0.717) is 22.8 Å². The Morgan fingerprint density at radius 2 is 1.73 bits per heavy atom. The van der Waals surface area contributed by atoms with Crippen molar-refractivity contribution >= 4 is 27.2 Å². The van der Waals surface area contributed by atoms with E-state index in [1.54, 1.807) is 0 Å². The van der Waals surface area contributed by atoms with Crippen LogP contribution in [-0.2, 0) is 16.3 Å². The monoisotopic (exact) mass is 368 g/mol. The molecule has 0 aromatic carbocycles. The number of fused-ring (bicyclic) bond motifs is 1. The van der Waals surface area contributed by atoms with Crippen molar-refractivity contribution in [3.05, 3.63) is 28.9 Å². The Hall–Kier alpha value is -1.69. The summed E-state index contributed by atoms with van der Waals surface area (Å²) in [7, 11) is -5.99. The van der Waals surface area contributed by atoms with E-state index in [-0.39, 0.29) is 5.52 Å². The molecule has 0 aliphatic rings. The van der Waals surface area contributed by atoms with Crippen molar-refractivity contribution in [3.63, 3.8) is 0 Å². The van der Waals surface area contributed by atoms with Crippen molar-refractivity contribution in [2.75, 3.05) is 0 Å². The quantitative estimate of drug-likeness (QED) is 0.464. The van der Waals surface area contributed by atoms with Crippen LogP contribution in [0.4, 0.5) is 26.3 Å². The van der Waals surface area contributed by atoms with Crippen LogP contribution in [0.15, 0.2) is 18.3 Å². The first kappa shape index (κ1) is 16.7. The van der Waals surface area contributed by atoms with Crippen LogP contribution >= 0.6 is 11.6 Å². The van der Waals surface area contributed by atoms with Crippen molar-refractivity contribution in [2.45, 2.75) is 11.7 Å². The molecule has 0 aliphatic heterocycles. The van der Waals surface area contributed by atoms with Crippen LogP contribution in [0.25, 0.3) is 5.52 Å². The zero-order valence-electron chi connectivity index (χ0n) is 9.91. The molecule has 0 aliphatic carbocycles. The SMILES string of the molecule is O=S(=O)(Oc1cc2c(Cl)cc(C(F)(F)F)cn2n1)C(F)(F)F. The Kier molecular flexibility index (Phi) is 3.72. The lowest BCUT2D eigenvalue weighted by Gasteiger charge is -2.07. The van der Waals surface area contributed by atoms with Crippen LogP contribution in [0.2, 0.25) is 5.02 Å². The van der Waals surface area contributed by atoms with Crippen LogP contribution in [0.1, 0.15) is 5.56 Å². The molecular weight excluding hydrogens is 366 g/mol. The highest BCUT2D eigenvalue weighted by Crippen LogP contribution is 2.34. The van der Waals surface area contributed by atoms with Crippen molar-refractivity contribution in [3.8, 4) is 5.88 Å². The molecule has 0 saturated heterocycles. The lowest BCUT2D eigenvalue weighted by Crippen LogP contribution is -2.28. The molecule has 122 valence electrons. The van der Waals surface area contributed by atoms with E-state index in [1.807, 2.05) is 0 Å². The third kappa shape index (κ3) is 3.06. The van der Waals surface area contributed by atoms with E-state index in [1.165, 1.54) is 0 Å². The zero-order chi connectivity index (χ0) is 16.9. The molecule has 0 amide bonds. The van der Waals surface area contributed by atoms with Crippen LogP contribution in [0, 0.1) is 0 Å². The van der Waals surface area contributed by atoms with Crippen molar-refractivity contribution in [2.24, 2.45) is 0 Å². The van der Waals surface area contributed by atoms with Gasteiger partial charge in [-0.25, -0.2) is 4.52 Å². The first-order valence-electron chi connectivity index (χ1n) is 5.08. The Balaban J connectivity index is 2.50. The summed E-state index contributed by atoms with van der Waals surface area (Å²) in [4.78, 5) is 0. The van der Waals surface area contributed by atoms with E-state index < -0.39 is 38.3 Å². The Morgan fingerprint density at radius 1 is 1.14 bits per heavy atom. The fourth-order valence-corrected chi connectivity index (χ4v) is 2.04. The van der Waals surface area contributed by atoms with E-state index in [2.05, 4.69) is 9.28 Å². The third-order valence-electron chi connectivity index (χ3n) is 2.31. The summed E-state index contributed by atoms with van der Waals surface area (Å²) < 4.78 is 99.9. The lowest BCUT2D eigenvalue weighted by atomic mass is 10.2. The van der Waals surface area contributed by atoms with Crippen molar-refractivity contribution in [1.29, 1.82) is 0 Å². The highest BCUT2D eigenvalue weighted by atomic mass is 35.5. The van der Waals surface area contributed by atoms with Gasteiger partial charge in [0.25, 0.3) is 5.88 Å². The summed E-state index contributed by atoms with van der Waals surface area (Å²) in [5.74, 6) is -1.07. The van der Waals surface area contributed by atoms with Gasteiger partial charge in [-0.15, -0.1) is 5.10 Å². The second-order valence-electron chi connectivity index (χ2n) is 3.87. The van der Waals surface area contributed by atoms with Gasteiger partial charge in [-0.2, -0.15) is 34.8 Å². The predicted octanol–water partition coefficient (Wildman–Crippen LogP) is 3.23. The van der Waals surface area contributed by atoms with Crippen molar-refractivity contribution < 1.29 is 38.9 Å². The number of rotatable bonds is 2. The van der Waals surface area contributed by atoms with Gasteiger partial charge >= 0.3 is 21.8 Å². The van der Waals surface area contributed by atoms with Gasteiger partial charge in [0.05, 0.1) is 16.1 Å². The van der Waals surface area contributed by atoms with Crippen LogP contribution in [-0.4, -0.2) is 23.5 Å².